The lowest BCUT2D eigenvalue weighted by atomic mass is 10.1. The van der Waals surface area contributed by atoms with Gasteiger partial charge in [0.2, 0.25) is 0 Å². The molecule has 0 amide bonds. The molecule has 0 aliphatic rings. The SMILES string of the molecule is CCCCC/C=C\CC(O)CC/C=C\CCCCCC. The molecule has 0 saturated heterocycles. The molecule has 1 heteroatoms. The molecule has 1 nitrogen and oxygen atoms in total. The molecule has 1 unspecified atom stereocenters. The average molecular weight is 280 g/mol. The van der Waals surface area contributed by atoms with Crippen molar-refractivity contribution >= 4 is 0 Å². The molecule has 0 aromatic heterocycles. The van der Waals surface area contributed by atoms with E-state index in [4.69, 9.17) is 0 Å². The quantitative estimate of drug-likeness (QED) is 0.297. The molecule has 0 aromatic rings. The van der Waals surface area contributed by atoms with Crippen molar-refractivity contribution in [2.24, 2.45) is 0 Å². The molecule has 0 rings (SSSR count). The lowest BCUT2D eigenvalue weighted by molar-refractivity contribution is 0.169. The summed E-state index contributed by atoms with van der Waals surface area (Å²) in [6.07, 6.45) is 23.0. The maximum Gasteiger partial charge on any atom is 0.0577 e. The van der Waals surface area contributed by atoms with Crippen molar-refractivity contribution in [2.45, 2.75) is 97.0 Å². The molecule has 0 spiro atoms. The van der Waals surface area contributed by atoms with E-state index in [0.717, 1.165) is 25.7 Å². The van der Waals surface area contributed by atoms with Gasteiger partial charge in [0.1, 0.15) is 0 Å². The van der Waals surface area contributed by atoms with Gasteiger partial charge in [-0.05, 0) is 44.9 Å². The average Bonchev–Trinajstić information content (AvgIpc) is 2.45. The van der Waals surface area contributed by atoms with E-state index >= 15 is 0 Å². The summed E-state index contributed by atoms with van der Waals surface area (Å²) in [7, 11) is 0. The summed E-state index contributed by atoms with van der Waals surface area (Å²) >= 11 is 0. The number of allylic oxidation sites excluding steroid dienone is 3. The van der Waals surface area contributed by atoms with Crippen LogP contribution in [0.4, 0.5) is 0 Å². The van der Waals surface area contributed by atoms with E-state index < -0.39 is 0 Å². The van der Waals surface area contributed by atoms with E-state index in [9.17, 15) is 5.11 Å². The molecular weight excluding hydrogens is 244 g/mol. The fourth-order valence-electron chi connectivity index (χ4n) is 2.21. The number of aliphatic hydroxyl groups is 1. The fraction of sp³-hybridized carbons (Fsp3) is 0.789. The molecule has 0 fully saturated rings. The predicted octanol–water partition coefficient (Wildman–Crippen LogP) is 6.18. The molecule has 1 atom stereocenters. The first-order chi connectivity index (χ1) is 9.81. The Kier molecular flexibility index (Phi) is 16.0. The van der Waals surface area contributed by atoms with E-state index in [2.05, 4.69) is 38.2 Å². The van der Waals surface area contributed by atoms with Gasteiger partial charge in [0.15, 0.2) is 0 Å². The zero-order chi connectivity index (χ0) is 14.9. The van der Waals surface area contributed by atoms with E-state index in [-0.39, 0.29) is 6.10 Å². The first kappa shape index (κ1) is 19.4. The van der Waals surface area contributed by atoms with Crippen molar-refractivity contribution in [1.82, 2.24) is 0 Å². The van der Waals surface area contributed by atoms with Crippen LogP contribution in [0.25, 0.3) is 0 Å². The Morgan fingerprint density at radius 1 is 0.700 bits per heavy atom. The molecule has 0 aromatic carbocycles. The molecule has 0 aliphatic heterocycles. The highest BCUT2D eigenvalue weighted by Gasteiger charge is 1.98. The fourth-order valence-corrected chi connectivity index (χ4v) is 2.21. The lowest BCUT2D eigenvalue weighted by Crippen LogP contribution is -2.03. The summed E-state index contributed by atoms with van der Waals surface area (Å²) in [4.78, 5) is 0. The highest BCUT2D eigenvalue weighted by molar-refractivity contribution is 4.86. The van der Waals surface area contributed by atoms with Gasteiger partial charge in [-0.25, -0.2) is 0 Å². The van der Waals surface area contributed by atoms with Crippen molar-refractivity contribution in [3.05, 3.63) is 24.3 Å². The van der Waals surface area contributed by atoms with Gasteiger partial charge in [0.05, 0.1) is 6.10 Å². The predicted molar refractivity (Wildman–Crippen MR) is 91.0 cm³/mol. The summed E-state index contributed by atoms with van der Waals surface area (Å²) in [5.74, 6) is 0. The van der Waals surface area contributed by atoms with Crippen LogP contribution >= 0.6 is 0 Å². The smallest absolute Gasteiger partial charge is 0.0577 e. The Morgan fingerprint density at radius 3 is 1.95 bits per heavy atom. The first-order valence-electron chi connectivity index (χ1n) is 8.79. The minimum atomic E-state index is -0.165. The third-order valence-corrected chi connectivity index (χ3v) is 3.61. The van der Waals surface area contributed by atoms with Crippen LogP contribution in [0.2, 0.25) is 0 Å². The Bertz CT molecular complexity index is 230. The van der Waals surface area contributed by atoms with Gasteiger partial charge in [-0.3, -0.25) is 0 Å². The third-order valence-electron chi connectivity index (χ3n) is 3.61. The van der Waals surface area contributed by atoms with Crippen LogP contribution in [0.15, 0.2) is 24.3 Å². The number of unbranched alkanes of at least 4 members (excludes halogenated alkanes) is 7. The second-order valence-electron chi connectivity index (χ2n) is 5.75. The molecule has 0 heterocycles. The molecular formula is C19H36O. The van der Waals surface area contributed by atoms with E-state index in [1.165, 1.54) is 51.4 Å². The number of hydrogen-bond donors (Lipinski definition) is 1. The van der Waals surface area contributed by atoms with Gasteiger partial charge in [0, 0.05) is 0 Å². The maximum absolute atomic E-state index is 9.84. The molecule has 0 saturated carbocycles. The molecule has 0 bridgehead atoms. The molecule has 118 valence electrons. The Morgan fingerprint density at radius 2 is 1.25 bits per heavy atom. The molecule has 1 N–H and O–H groups in total. The van der Waals surface area contributed by atoms with Crippen molar-refractivity contribution in [1.29, 1.82) is 0 Å². The van der Waals surface area contributed by atoms with Crippen LogP contribution < -0.4 is 0 Å². The minimum Gasteiger partial charge on any atom is -0.393 e. The van der Waals surface area contributed by atoms with Crippen LogP contribution in [0.3, 0.4) is 0 Å². The van der Waals surface area contributed by atoms with Crippen LogP contribution in [-0.4, -0.2) is 11.2 Å². The van der Waals surface area contributed by atoms with Crippen LogP contribution in [0.5, 0.6) is 0 Å². The van der Waals surface area contributed by atoms with Gasteiger partial charge in [-0.15, -0.1) is 0 Å². The monoisotopic (exact) mass is 280 g/mol. The second-order valence-corrected chi connectivity index (χ2v) is 5.75. The van der Waals surface area contributed by atoms with E-state index in [0.29, 0.717) is 0 Å². The van der Waals surface area contributed by atoms with Crippen LogP contribution in [0, 0.1) is 0 Å². The summed E-state index contributed by atoms with van der Waals surface area (Å²) in [6.45, 7) is 4.47. The molecule has 0 radical (unpaired) electrons. The summed E-state index contributed by atoms with van der Waals surface area (Å²) < 4.78 is 0. The molecule has 0 aliphatic carbocycles. The number of rotatable bonds is 14. The first-order valence-corrected chi connectivity index (χ1v) is 8.79. The number of aliphatic hydroxyl groups excluding tert-OH is 1. The van der Waals surface area contributed by atoms with E-state index in [1.807, 2.05) is 0 Å². The van der Waals surface area contributed by atoms with Crippen molar-refractivity contribution in [3.63, 3.8) is 0 Å². The summed E-state index contributed by atoms with van der Waals surface area (Å²) in [5, 5.41) is 9.84. The van der Waals surface area contributed by atoms with Crippen LogP contribution in [0.1, 0.15) is 90.9 Å². The van der Waals surface area contributed by atoms with Gasteiger partial charge < -0.3 is 5.11 Å². The topological polar surface area (TPSA) is 20.2 Å². The Hall–Kier alpha value is -0.560. The number of hydrogen-bond acceptors (Lipinski definition) is 1. The summed E-state index contributed by atoms with van der Waals surface area (Å²) in [6, 6.07) is 0. The normalized spacial score (nSPS) is 13.6. The van der Waals surface area contributed by atoms with Crippen molar-refractivity contribution in [2.75, 3.05) is 0 Å². The van der Waals surface area contributed by atoms with Crippen molar-refractivity contribution < 1.29 is 5.11 Å². The zero-order valence-corrected chi connectivity index (χ0v) is 13.8. The van der Waals surface area contributed by atoms with Gasteiger partial charge >= 0.3 is 0 Å². The van der Waals surface area contributed by atoms with Gasteiger partial charge in [0.25, 0.3) is 0 Å². The molecule has 20 heavy (non-hydrogen) atoms. The van der Waals surface area contributed by atoms with Gasteiger partial charge in [-0.2, -0.15) is 0 Å². The maximum atomic E-state index is 9.84. The Balaban J connectivity index is 3.35. The summed E-state index contributed by atoms with van der Waals surface area (Å²) in [5.41, 5.74) is 0. The van der Waals surface area contributed by atoms with E-state index in [1.54, 1.807) is 0 Å². The van der Waals surface area contributed by atoms with Crippen LogP contribution in [-0.2, 0) is 0 Å². The third kappa shape index (κ3) is 15.5. The standard InChI is InChI=1S/C19H36O/c1-3-5-7-9-11-12-14-16-18-19(20)17-15-13-10-8-6-4-2/h12-15,19-20H,3-11,16-18H2,1-2H3/b14-12-,15-13-. The lowest BCUT2D eigenvalue weighted by Gasteiger charge is -2.05. The largest absolute Gasteiger partial charge is 0.393 e. The minimum absolute atomic E-state index is 0.165. The van der Waals surface area contributed by atoms with Gasteiger partial charge in [-0.1, -0.05) is 70.3 Å². The zero-order valence-electron chi connectivity index (χ0n) is 13.8. The second kappa shape index (κ2) is 16.5. The highest BCUT2D eigenvalue weighted by atomic mass is 16.3. The highest BCUT2D eigenvalue weighted by Crippen LogP contribution is 2.07. The van der Waals surface area contributed by atoms with Crippen molar-refractivity contribution in [3.8, 4) is 0 Å². The Labute approximate surface area is 127 Å².